The van der Waals surface area contributed by atoms with E-state index in [2.05, 4.69) is 62.5 Å². The molecule has 0 aromatic carbocycles. The molecule has 0 radical (unpaired) electrons. The molecule has 268 valence electrons. The van der Waals surface area contributed by atoms with Gasteiger partial charge in [-0.15, -0.1) is 0 Å². The molecule has 1 amide bonds. The highest BCUT2D eigenvalue weighted by atomic mass is 16.5. The Bertz CT molecular complexity index is 755. The Morgan fingerprint density at radius 3 is 1.33 bits per heavy atom. The van der Waals surface area contributed by atoms with Gasteiger partial charge in [-0.25, -0.2) is 0 Å². The van der Waals surface area contributed by atoms with Crippen LogP contribution in [0.1, 0.15) is 174 Å². The fourth-order valence-electron chi connectivity index (χ4n) is 4.77. The Labute approximate surface area is 286 Å². The van der Waals surface area contributed by atoms with Gasteiger partial charge in [-0.3, -0.25) is 9.59 Å². The average molecular weight is 645 g/mol. The maximum atomic E-state index is 11.4. The lowest BCUT2D eigenvalue weighted by molar-refractivity contribution is -0.144. The summed E-state index contributed by atoms with van der Waals surface area (Å²) >= 11 is 0. The Balaban J connectivity index is 0. The first-order chi connectivity index (χ1) is 22.4. The molecular formula is C41H76N2O3. The third kappa shape index (κ3) is 46.3. The maximum Gasteiger partial charge on any atom is 0.307 e. The molecule has 46 heavy (non-hydrogen) atoms. The molecule has 0 aromatic rings. The summed E-state index contributed by atoms with van der Waals surface area (Å²) in [5.74, 6) is -0.239. The summed E-state index contributed by atoms with van der Waals surface area (Å²) in [7, 11) is 3.94. The number of esters is 1. The second-order valence-corrected chi connectivity index (χ2v) is 12.8. The molecule has 0 aliphatic carbocycles. The summed E-state index contributed by atoms with van der Waals surface area (Å²) in [5.41, 5.74) is 5.09. The van der Waals surface area contributed by atoms with Crippen LogP contribution in [0.2, 0.25) is 0 Å². The summed E-state index contributed by atoms with van der Waals surface area (Å²) in [5, 5.41) is 0. The zero-order valence-electron chi connectivity index (χ0n) is 31.0. The first-order valence-electron chi connectivity index (χ1n) is 19.1. The molecule has 0 bridgehead atoms. The highest BCUT2D eigenvalue weighted by Gasteiger charge is 2.03. The van der Waals surface area contributed by atoms with E-state index in [0.717, 1.165) is 38.6 Å². The van der Waals surface area contributed by atoms with Crippen LogP contribution in [0.3, 0.4) is 0 Å². The van der Waals surface area contributed by atoms with Gasteiger partial charge < -0.3 is 15.4 Å². The van der Waals surface area contributed by atoms with Gasteiger partial charge in [0.1, 0.15) is 0 Å². The minimum absolute atomic E-state index is 0.0682. The summed E-state index contributed by atoms with van der Waals surface area (Å²) in [4.78, 5) is 24.0. The fraction of sp³-hybridized carbons (Fsp3) is 0.756. The number of nitrogens with two attached hydrogens (primary N) is 1. The number of nitrogens with zero attached hydrogens (tertiary/aromatic N) is 1. The SMILES string of the molecule is CCCCC/C=C\C/C=C\CCCCCCCC(N)=O.CCCCC/C=C\C/C=C\CCCCCCCCOC(=O)CCN(C)C. The van der Waals surface area contributed by atoms with Crippen molar-refractivity contribution in [1.82, 2.24) is 4.90 Å². The second kappa shape index (κ2) is 40.9. The Hall–Kier alpha value is -2.14. The lowest BCUT2D eigenvalue weighted by atomic mass is 10.1. The molecule has 0 unspecified atom stereocenters. The molecule has 0 rings (SSSR count). The highest BCUT2D eigenvalue weighted by Crippen LogP contribution is 2.09. The van der Waals surface area contributed by atoms with E-state index < -0.39 is 0 Å². The number of amides is 1. The van der Waals surface area contributed by atoms with E-state index >= 15 is 0 Å². The molecule has 0 fully saturated rings. The van der Waals surface area contributed by atoms with E-state index in [0.29, 0.717) is 19.4 Å². The van der Waals surface area contributed by atoms with E-state index in [1.165, 1.54) is 116 Å². The van der Waals surface area contributed by atoms with Gasteiger partial charge in [0.05, 0.1) is 13.0 Å². The Kier molecular flexibility index (Phi) is 40.9. The minimum atomic E-state index is -0.171. The molecule has 0 heterocycles. The topological polar surface area (TPSA) is 72.6 Å². The van der Waals surface area contributed by atoms with E-state index in [9.17, 15) is 9.59 Å². The van der Waals surface area contributed by atoms with E-state index in [-0.39, 0.29) is 11.9 Å². The quantitative estimate of drug-likeness (QED) is 0.0449. The molecule has 0 spiro atoms. The van der Waals surface area contributed by atoms with E-state index in [1.807, 2.05) is 19.0 Å². The number of ether oxygens (including phenoxy) is 1. The van der Waals surface area contributed by atoms with Crippen molar-refractivity contribution in [3.63, 3.8) is 0 Å². The number of primary amides is 1. The Morgan fingerprint density at radius 2 is 0.913 bits per heavy atom. The van der Waals surface area contributed by atoms with Gasteiger partial charge in [0.25, 0.3) is 0 Å². The fourth-order valence-corrected chi connectivity index (χ4v) is 4.77. The smallest absolute Gasteiger partial charge is 0.307 e. The lowest BCUT2D eigenvalue weighted by Crippen LogP contribution is -2.18. The molecule has 0 saturated heterocycles. The normalized spacial score (nSPS) is 11.8. The van der Waals surface area contributed by atoms with Gasteiger partial charge in [0.2, 0.25) is 5.91 Å². The van der Waals surface area contributed by atoms with Crippen LogP contribution < -0.4 is 5.73 Å². The maximum absolute atomic E-state index is 11.4. The van der Waals surface area contributed by atoms with E-state index in [4.69, 9.17) is 10.5 Å². The van der Waals surface area contributed by atoms with Crippen LogP contribution in [-0.4, -0.2) is 44.0 Å². The first kappa shape index (κ1) is 46.0. The number of unbranched alkanes of at least 4 members (excludes halogenated alkanes) is 17. The van der Waals surface area contributed by atoms with Crippen molar-refractivity contribution < 1.29 is 14.3 Å². The van der Waals surface area contributed by atoms with Gasteiger partial charge in [0, 0.05) is 13.0 Å². The van der Waals surface area contributed by atoms with Gasteiger partial charge >= 0.3 is 5.97 Å². The number of carbonyl (C=O) groups excluding carboxylic acids is 2. The van der Waals surface area contributed by atoms with Crippen molar-refractivity contribution in [3.05, 3.63) is 48.6 Å². The zero-order valence-corrected chi connectivity index (χ0v) is 31.0. The summed E-state index contributed by atoms with van der Waals surface area (Å²) in [6.07, 6.45) is 47.5. The molecular weight excluding hydrogens is 568 g/mol. The largest absolute Gasteiger partial charge is 0.466 e. The van der Waals surface area contributed by atoms with Gasteiger partial charge in [0.15, 0.2) is 0 Å². The minimum Gasteiger partial charge on any atom is -0.466 e. The average Bonchev–Trinajstić information content (AvgIpc) is 3.03. The highest BCUT2D eigenvalue weighted by molar-refractivity contribution is 5.73. The van der Waals surface area contributed by atoms with Crippen LogP contribution >= 0.6 is 0 Å². The van der Waals surface area contributed by atoms with Crippen molar-refractivity contribution in [1.29, 1.82) is 0 Å². The summed E-state index contributed by atoms with van der Waals surface area (Å²) in [6, 6.07) is 0. The third-order valence-electron chi connectivity index (χ3n) is 7.74. The number of rotatable bonds is 32. The van der Waals surface area contributed by atoms with Crippen molar-refractivity contribution in [2.24, 2.45) is 5.73 Å². The van der Waals surface area contributed by atoms with Crippen molar-refractivity contribution in [2.75, 3.05) is 27.2 Å². The molecule has 0 atom stereocenters. The van der Waals surface area contributed by atoms with Gasteiger partial charge in [-0.1, -0.05) is 133 Å². The van der Waals surface area contributed by atoms with E-state index in [1.54, 1.807) is 0 Å². The van der Waals surface area contributed by atoms with Crippen LogP contribution in [-0.2, 0) is 14.3 Å². The Morgan fingerprint density at radius 1 is 0.522 bits per heavy atom. The zero-order chi connectivity index (χ0) is 34.2. The van der Waals surface area contributed by atoms with Crippen molar-refractivity contribution >= 4 is 11.9 Å². The number of allylic oxidation sites excluding steroid dienone is 8. The molecule has 0 aromatic heterocycles. The summed E-state index contributed by atoms with van der Waals surface area (Å²) < 4.78 is 5.23. The van der Waals surface area contributed by atoms with Gasteiger partial charge in [-0.05, 0) is 91.1 Å². The third-order valence-corrected chi connectivity index (χ3v) is 7.74. The number of hydrogen-bond acceptors (Lipinski definition) is 4. The lowest BCUT2D eigenvalue weighted by Gasteiger charge is -2.09. The predicted octanol–water partition coefficient (Wildman–Crippen LogP) is 11.6. The second-order valence-electron chi connectivity index (χ2n) is 12.8. The number of carbonyl (C=O) groups is 2. The molecule has 0 aliphatic heterocycles. The van der Waals surface area contributed by atoms with Crippen LogP contribution in [0, 0.1) is 0 Å². The molecule has 0 aliphatic rings. The van der Waals surface area contributed by atoms with Crippen molar-refractivity contribution in [2.45, 2.75) is 174 Å². The first-order valence-corrected chi connectivity index (χ1v) is 19.1. The van der Waals surface area contributed by atoms with Crippen LogP contribution in [0.5, 0.6) is 0 Å². The summed E-state index contributed by atoms with van der Waals surface area (Å²) in [6.45, 7) is 5.84. The van der Waals surface area contributed by atoms with Crippen LogP contribution in [0.25, 0.3) is 0 Å². The standard InChI is InChI=1S/C23H43NO2.C18H33NO/c1-4-5-6-7-8-9-10-11-12-13-14-15-16-17-18-19-22-26-23(25)20-21-24(2)3;1-2-3-4-5-6-7-8-9-10-11-12-13-14-15-16-17-18(19)20/h8-9,11-12H,4-7,10,13-22H2,1-3H3;6-7,9-10H,2-5,8,11-17H2,1H3,(H2,19,20)/b9-8-,12-11-;7-6-,10-9-. The predicted molar refractivity (Wildman–Crippen MR) is 202 cm³/mol. The molecule has 5 heteroatoms. The van der Waals surface area contributed by atoms with Crippen molar-refractivity contribution in [3.8, 4) is 0 Å². The molecule has 0 saturated carbocycles. The molecule has 5 nitrogen and oxygen atoms in total. The monoisotopic (exact) mass is 645 g/mol. The molecule has 2 N–H and O–H groups in total. The van der Waals surface area contributed by atoms with Crippen LogP contribution in [0.4, 0.5) is 0 Å². The number of hydrogen-bond donors (Lipinski definition) is 1. The van der Waals surface area contributed by atoms with Crippen LogP contribution in [0.15, 0.2) is 48.6 Å². The van der Waals surface area contributed by atoms with Gasteiger partial charge in [-0.2, -0.15) is 0 Å².